The third-order valence-corrected chi connectivity index (χ3v) is 6.08. The zero-order chi connectivity index (χ0) is 19.4. The van der Waals surface area contributed by atoms with Gasteiger partial charge in [0.2, 0.25) is 0 Å². The number of benzene rings is 4. The van der Waals surface area contributed by atoms with Crippen molar-refractivity contribution in [3.63, 3.8) is 0 Å². The van der Waals surface area contributed by atoms with Crippen LogP contribution in [-0.4, -0.2) is 4.98 Å². The highest BCUT2D eigenvalue weighted by Gasteiger charge is 2.17. The van der Waals surface area contributed by atoms with Gasteiger partial charge in [0.05, 0.1) is 5.69 Å². The van der Waals surface area contributed by atoms with Crippen LogP contribution in [0.2, 0.25) is 0 Å². The van der Waals surface area contributed by atoms with Gasteiger partial charge < -0.3 is 0 Å². The van der Waals surface area contributed by atoms with Crippen molar-refractivity contribution >= 4 is 21.5 Å². The van der Waals surface area contributed by atoms with E-state index in [0.717, 1.165) is 45.6 Å². The number of rotatable bonds is 1. The van der Waals surface area contributed by atoms with Crippen LogP contribution in [0.3, 0.4) is 0 Å². The number of aromatic nitrogens is 1. The van der Waals surface area contributed by atoms with Crippen LogP contribution < -0.4 is 0 Å². The van der Waals surface area contributed by atoms with Crippen molar-refractivity contribution in [3.8, 4) is 22.4 Å². The molecule has 6 rings (SSSR count). The van der Waals surface area contributed by atoms with E-state index in [-0.39, 0.29) is 5.82 Å². The lowest BCUT2D eigenvalue weighted by Crippen LogP contribution is -2.04. The molecule has 0 fully saturated rings. The summed E-state index contributed by atoms with van der Waals surface area (Å²) >= 11 is 0. The summed E-state index contributed by atoms with van der Waals surface area (Å²) in [6.45, 7) is 0. The highest BCUT2D eigenvalue weighted by molar-refractivity contribution is 6.11. The number of aryl methyl sites for hydroxylation is 2. The molecular formula is C27H18FN. The molecule has 0 aliphatic heterocycles. The Hall–Kier alpha value is -3.52. The summed E-state index contributed by atoms with van der Waals surface area (Å²) in [5.74, 6) is -0.212. The van der Waals surface area contributed by atoms with Crippen molar-refractivity contribution in [2.75, 3.05) is 0 Å². The van der Waals surface area contributed by atoms with Crippen LogP contribution in [0, 0.1) is 5.82 Å². The minimum absolute atomic E-state index is 0.212. The fraction of sp³-hybridized carbons (Fsp3) is 0.0741. The molecule has 1 aromatic heterocycles. The first-order valence-corrected chi connectivity index (χ1v) is 9.96. The van der Waals surface area contributed by atoms with Crippen molar-refractivity contribution in [2.45, 2.75) is 12.8 Å². The molecule has 0 N–H and O–H groups in total. The van der Waals surface area contributed by atoms with Gasteiger partial charge in [-0.05, 0) is 75.5 Å². The van der Waals surface area contributed by atoms with Crippen LogP contribution in [0.15, 0.2) is 85.1 Å². The average Bonchev–Trinajstić information content (AvgIpc) is 2.78. The van der Waals surface area contributed by atoms with Crippen molar-refractivity contribution in [1.29, 1.82) is 0 Å². The second-order valence-corrected chi connectivity index (χ2v) is 7.71. The molecule has 1 heterocycles. The van der Waals surface area contributed by atoms with Gasteiger partial charge in [-0.3, -0.25) is 4.98 Å². The van der Waals surface area contributed by atoms with Gasteiger partial charge in [-0.2, -0.15) is 0 Å². The minimum atomic E-state index is -0.212. The maximum atomic E-state index is 13.9. The molecule has 29 heavy (non-hydrogen) atoms. The summed E-state index contributed by atoms with van der Waals surface area (Å²) in [7, 11) is 0. The van der Waals surface area contributed by atoms with E-state index in [4.69, 9.17) is 4.98 Å². The summed E-state index contributed by atoms with van der Waals surface area (Å²) in [6.07, 6.45) is 3.94. The van der Waals surface area contributed by atoms with Crippen molar-refractivity contribution < 1.29 is 4.39 Å². The summed E-state index contributed by atoms with van der Waals surface area (Å²) in [4.78, 5) is 4.71. The van der Waals surface area contributed by atoms with Gasteiger partial charge in [0.25, 0.3) is 0 Å². The molecule has 2 heteroatoms. The molecule has 138 valence electrons. The molecule has 0 atom stereocenters. The monoisotopic (exact) mass is 375 g/mol. The van der Waals surface area contributed by atoms with E-state index >= 15 is 0 Å². The van der Waals surface area contributed by atoms with E-state index in [2.05, 4.69) is 54.6 Å². The SMILES string of the molecule is Fc1ccc2ccc3c(-c4ccc5c(c4)CCc4ccccc4-5)nccc3c2c1. The number of hydrogen-bond acceptors (Lipinski definition) is 1. The van der Waals surface area contributed by atoms with E-state index in [1.54, 1.807) is 6.07 Å². The maximum absolute atomic E-state index is 13.9. The summed E-state index contributed by atoms with van der Waals surface area (Å²) < 4.78 is 13.9. The first-order valence-electron chi connectivity index (χ1n) is 9.96. The van der Waals surface area contributed by atoms with Crippen molar-refractivity contribution in [3.05, 3.63) is 102 Å². The Bertz CT molecular complexity index is 1420. The molecule has 0 amide bonds. The van der Waals surface area contributed by atoms with E-state index in [1.807, 2.05) is 18.3 Å². The third kappa shape index (κ3) is 2.56. The Balaban J connectivity index is 1.56. The molecule has 0 saturated heterocycles. The first kappa shape index (κ1) is 16.4. The molecule has 0 spiro atoms. The molecule has 0 radical (unpaired) electrons. The largest absolute Gasteiger partial charge is 0.256 e. The molecule has 1 aliphatic rings. The molecular weight excluding hydrogens is 357 g/mol. The molecule has 0 saturated carbocycles. The number of hydrogen-bond donors (Lipinski definition) is 0. The topological polar surface area (TPSA) is 12.9 Å². The van der Waals surface area contributed by atoms with Crippen LogP contribution in [0.25, 0.3) is 43.9 Å². The predicted molar refractivity (Wildman–Crippen MR) is 117 cm³/mol. The van der Waals surface area contributed by atoms with Gasteiger partial charge in [0.15, 0.2) is 0 Å². The van der Waals surface area contributed by atoms with Crippen LogP contribution in [-0.2, 0) is 12.8 Å². The highest BCUT2D eigenvalue weighted by atomic mass is 19.1. The number of nitrogens with zero attached hydrogens (tertiary/aromatic N) is 1. The zero-order valence-corrected chi connectivity index (χ0v) is 15.8. The molecule has 1 nitrogen and oxygen atoms in total. The first-order chi connectivity index (χ1) is 14.3. The van der Waals surface area contributed by atoms with Gasteiger partial charge in [-0.1, -0.05) is 54.6 Å². The van der Waals surface area contributed by atoms with Crippen LogP contribution in [0.4, 0.5) is 4.39 Å². The molecule has 5 aromatic rings. The van der Waals surface area contributed by atoms with Gasteiger partial charge in [-0.25, -0.2) is 4.39 Å². The van der Waals surface area contributed by atoms with E-state index in [1.165, 1.54) is 28.3 Å². The van der Waals surface area contributed by atoms with Crippen LogP contribution in [0.1, 0.15) is 11.1 Å². The Morgan fingerprint density at radius 2 is 1.48 bits per heavy atom. The smallest absolute Gasteiger partial charge is 0.123 e. The Morgan fingerprint density at radius 3 is 2.45 bits per heavy atom. The Labute approximate surface area is 168 Å². The third-order valence-electron chi connectivity index (χ3n) is 6.08. The number of pyridine rings is 1. The van der Waals surface area contributed by atoms with Gasteiger partial charge in [-0.15, -0.1) is 0 Å². The quantitative estimate of drug-likeness (QED) is 0.289. The second-order valence-electron chi connectivity index (χ2n) is 7.71. The van der Waals surface area contributed by atoms with E-state index in [0.29, 0.717) is 0 Å². The number of halogens is 1. The Morgan fingerprint density at radius 1 is 0.655 bits per heavy atom. The maximum Gasteiger partial charge on any atom is 0.123 e. The molecule has 1 aliphatic carbocycles. The predicted octanol–water partition coefficient (Wildman–Crippen LogP) is 6.96. The van der Waals surface area contributed by atoms with Crippen molar-refractivity contribution in [2.24, 2.45) is 0 Å². The lowest BCUT2D eigenvalue weighted by Gasteiger charge is -2.20. The molecule has 4 aromatic carbocycles. The second kappa shape index (κ2) is 6.25. The van der Waals surface area contributed by atoms with Crippen LogP contribution >= 0.6 is 0 Å². The highest BCUT2D eigenvalue weighted by Crippen LogP contribution is 2.37. The molecule has 0 unspecified atom stereocenters. The summed E-state index contributed by atoms with van der Waals surface area (Å²) in [5.41, 5.74) is 7.52. The van der Waals surface area contributed by atoms with E-state index < -0.39 is 0 Å². The molecule has 0 bridgehead atoms. The van der Waals surface area contributed by atoms with E-state index in [9.17, 15) is 4.39 Å². The fourth-order valence-electron chi connectivity index (χ4n) is 4.67. The van der Waals surface area contributed by atoms with Crippen LogP contribution in [0.5, 0.6) is 0 Å². The van der Waals surface area contributed by atoms with Crippen molar-refractivity contribution in [1.82, 2.24) is 4.98 Å². The fourth-order valence-corrected chi connectivity index (χ4v) is 4.67. The number of fused-ring (bicyclic) bond motifs is 6. The Kier molecular flexibility index (Phi) is 3.54. The van der Waals surface area contributed by atoms with Gasteiger partial charge >= 0.3 is 0 Å². The zero-order valence-electron chi connectivity index (χ0n) is 15.8. The normalized spacial score (nSPS) is 12.7. The average molecular weight is 375 g/mol. The summed E-state index contributed by atoms with van der Waals surface area (Å²) in [5, 5.41) is 4.06. The van der Waals surface area contributed by atoms with Gasteiger partial charge in [0, 0.05) is 17.1 Å². The standard InChI is InChI=1S/C27H18FN/c28-21-10-7-18-8-12-25-24(26(18)16-21)13-14-29-27(25)20-9-11-23-19(15-20)6-5-17-3-1-2-4-22(17)23/h1-4,7-16H,5-6H2. The lowest BCUT2D eigenvalue weighted by molar-refractivity contribution is 0.630. The lowest BCUT2D eigenvalue weighted by atomic mass is 9.84. The summed E-state index contributed by atoms with van der Waals surface area (Å²) in [6, 6.07) is 26.4. The minimum Gasteiger partial charge on any atom is -0.256 e. The van der Waals surface area contributed by atoms with Gasteiger partial charge in [0.1, 0.15) is 5.82 Å².